The number of rotatable bonds is 6. The molecule has 1 aromatic carbocycles. The molecule has 3 rings (SSSR count). The lowest BCUT2D eigenvalue weighted by molar-refractivity contribution is -0.139. The summed E-state index contributed by atoms with van der Waals surface area (Å²) in [7, 11) is 0. The number of benzene rings is 1. The van der Waals surface area contributed by atoms with Gasteiger partial charge in [0, 0.05) is 11.4 Å². The third-order valence-corrected chi connectivity index (χ3v) is 5.63. The summed E-state index contributed by atoms with van der Waals surface area (Å²) >= 11 is 2.89. The van der Waals surface area contributed by atoms with E-state index in [2.05, 4.69) is 20.8 Å². The molecule has 136 valence electrons. The summed E-state index contributed by atoms with van der Waals surface area (Å²) in [4.78, 5) is 24.8. The van der Waals surface area contributed by atoms with Crippen molar-refractivity contribution in [3.8, 4) is 0 Å². The number of thioether (sulfide) groups is 1. The number of aryl methyl sites for hydroxylation is 1. The number of nitrogens with one attached hydrogen (secondary N) is 2. The zero-order valence-electron chi connectivity index (χ0n) is 14.3. The minimum Gasteiger partial charge on any atom is -0.463 e. The van der Waals surface area contributed by atoms with Crippen LogP contribution in [-0.4, -0.2) is 34.6 Å². The van der Waals surface area contributed by atoms with Gasteiger partial charge in [0.2, 0.25) is 0 Å². The lowest BCUT2D eigenvalue weighted by Gasteiger charge is -2.29. The molecule has 0 fully saturated rings. The zero-order valence-corrected chi connectivity index (χ0v) is 15.9. The molecule has 2 amide bonds. The molecule has 26 heavy (non-hydrogen) atoms. The van der Waals surface area contributed by atoms with Gasteiger partial charge in [-0.05, 0) is 19.4 Å². The maximum atomic E-state index is 12.6. The number of ether oxygens (including phenoxy) is 1. The van der Waals surface area contributed by atoms with E-state index >= 15 is 0 Å². The number of esters is 1. The number of urea groups is 1. The van der Waals surface area contributed by atoms with Crippen molar-refractivity contribution in [2.75, 3.05) is 12.4 Å². The van der Waals surface area contributed by atoms with E-state index < -0.39 is 12.0 Å². The van der Waals surface area contributed by atoms with E-state index in [1.807, 2.05) is 37.3 Å². The summed E-state index contributed by atoms with van der Waals surface area (Å²) in [5.41, 5.74) is 1.75. The van der Waals surface area contributed by atoms with E-state index in [4.69, 9.17) is 4.74 Å². The molecule has 2 N–H and O–H groups in total. The van der Waals surface area contributed by atoms with Gasteiger partial charge in [0.05, 0.1) is 18.2 Å². The first kappa shape index (κ1) is 18.4. The van der Waals surface area contributed by atoms with Crippen LogP contribution in [-0.2, 0) is 9.53 Å². The summed E-state index contributed by atoms with van der Waals surface area (Å²) < 4.78 is 6.01. The quantitative estimate of drug-likeness (QED) is 0.582. The molecule has 2 aromatic rings. The maximum Gasteiger partial charge on any atom is 0.338 e. The maximum absolute atomic E-state index is 12.6. The molecule has 1 atom stereocenters. The van der Waals surface area contributed by atoms with Crippen LogP contribution in [0.3, 0.4) is 0 Å². The highest BCUT2D eigenvalue weighted by Gasteiger charge is 2.33. The van der Waals surface area contributed by atoms with Gasteiger partial charge in [0.15, 0.2) is 4.34 Å². The van der Waals surface area contributed by atoms with Crippen LogP contribution in [0.1, 0.15) is 23.5 Å². The molecule has 0 spiro atoms. The lowest BCUT2D eigenvalue weighted by atomic mass is 9.95. The largest absolute Gasteiger partial charge is 0.463 e. The van der Waals surface area contributed by atoms with Gasteiger partial charge in [-0.3, -0.25) is 0 Å². The summed E-state index contributed by atoms with van der Waals surface area (Å²) in [5, 5.41) is 14.5. The molecule has 1 aliphatic heterocycles. The molecule has 0 saturated heterocycles. The van der Waals surface area contributed by atoms with Gasteiger partial charge in [-0.15, -0.1) is 10.2 Å². The molecule has 9 heteroatoms. The second-order valence-electron chi connectivity index (χ2n) is 5.43. The van der Waals surface area contributed by atoms with Gasteiger partial charge >= 0.3 is 12.0 Å². The van der Waals surface area contributed by atoms with Gasteiger partial charge < -0.3 is 15.4 Å². The molecule has 0 saturated carbocycles. The Balaban J connectivity index is 1.95. The van der Waals surface area contributed by atoms with Crippen molar-refractivity contribution < 1.29 is 14.3 Å². The fraction of sp³-hybridized carbons (Fsp3) is 0.294. The van der Waals surface area contributed by atoms with Crippen molar-refractivity contribution in [1.29, 1.82) is 0 Å². The van der Waals surface area contributed by atoms with E-state index in [0.717, 1.165) is 14.9 Å². The first-order valence-corrected chi connectivity index (χ1v) is 9.84. The Hall–Kier alpha value is -2.39. The first-order chi connectivity index (χ1) is 12.6. The zero-order chi connectivity index (χ0) is 18.5. The number of aromatic nitrogens is 2. The Labute approximate surface area is 159 Å². The number of amides is 2. The Morgan fingerprint density at radius 1 is 1.31 bits per heavy atom. The fourth-order valence-electron chi connectivity index (χ4n) is 2.55. The molecule has 0 aliphatic carbocycles. The Kier molecular flexibility index (Phi) is 5.89. The van der Waals surface area contributed by atoms with Crippen LogP contribution >= 0.6 is 23.1 Å². The van der Waals surface area contributed by atoms with Crippen molar-refractivity contribution in [3.05, 3.63) is 52.2 Å². The number of carbonyl (C=O) groups is 2. The van der Waals surface area contributed by atoms with Crippen LogP contribution in [0.25, 0.3) is 0 Å². The lowest BCUT2D eigenvalue weighted by Crippen LogP contribution is -2.46. The van der Waals surface area contributed by atoms with E-state index in [1.165, 1.54) is 23.1 Å². The highest BCUT2D eigenvalue weighted by atomic mass is 32.2. The predicted molar refractivity (Wildman–Crippen MR) is 99.9 cm³/mol. The number of carbonyl (C=O) groups excluding carboxylic acids is 2. The van der Waals surface area contributed by atoms with E-state index in [9.17, 15) is 9.59 Å². The number of hydrogen-bond acceptors (Lipinski definition) is 7. The number of hydrogen-bond donors (Lipinski definition) is 2. The molecule has 2 heterocycles. The minimum absolute atomic E-state index is 0.258. The van der Waals surface area contributed by atoms with Crippen molar-refractivity contribution in [2.45, 2.75) is 24.2 Å². The van der Waals surface area contributed by atoms with Crippen LogP contribution < -0.4 is 10.6 Å². The van der Waals surface area contributed by atoms with E-state index in [0.29, 0.717) is 17.0 Å². The molecule has 1 aliphatic rings. The summed E-state index contributed by atoms with van der Waals surface area (Å²) in [6, 6.07) is 8.44. The SMILES string of the molecule is CCOC(=O)C1=C(CSc2nnc(C)s2)NC(=O)N[C@H]1c1ccccc1. The summed E-state index contributed by atoms with van der Waals surface area (Å²) in [6.07, 6.45) is 0. The smallest absolute Gasteiger partial charge is 0.338 e. The van der Waals surface area contributed by atoms with Gasteiger partial charge in [-0.2, -0.15) is 0 Å². The fourth-order valence-corrected chi connectivity index (χ4v) is 4.33. The Morgan fingerprint density at radius 3 is 2.73 bits per heavy atom. The standard InChI is InChI=1S/C17H18N4O3S2/c1-3-24-15(22)13-12(9-25-17-21-20-10(2)26-17)18-16(23)19-14(13)11-7-5-4-6-8-11/h4-8,14H,3,9H2,1-2H3,(H2,18,19,23)/t14-/m0/s1. The summed E-state index contributed by atoms with van der Waals surface area (Å²) in [6.45, 7) is 3.89. The molecular weight excluding hydrogens is 372 g/mol. The average Bonchev–Trinajstić information content (AvgIpc) is 3.05. The Bertz CT molecular complexity index is 836. The molecule has 0 radical (unpaired) electrons. The van der Waals surface area contributed by atoms with E-state index in [1.54, 1.807) is 6.92 Å². The second-order valence-corrected chi connectivity index (χ2v) is 7.83. The van der Waals surface area contributed by atoms with Crippen LogP contribution in [0, 0.1) is 6.92 Å². The van der Waals surface area contributed by atoms with Gasteiger partial charge in [0.1, 0.15) is 5.01 Å². The molecule has 1 aromatic heterocycles. The van der Waals surface area contributed by atoms with Crippen LogP contribution in [0.2, 0.25) is 0 Å². The van der Waals surface area contributed by atoms with Gasteiger partial charge in [-0.1, -0.05) is 53.4 Å². The third kappa shape index (κ3) is 4.23. The van der Waals surface area contributed by atoms with Crippen LogP contribution in [0.5, 0.6) is 0 Å². The second kappa shape index (κ2) is 8.33. The summed E-state index contributed by atoms with van der Waals surface area (Å²) in [5.74, 6) is -0.0580. The number of nitrogens with zero attached hydrogens (tertiary/aromatic N) is 2. The molecule has 0 bridgehead atoms. The highest BCUT2D eigenvalue weighted by molar-refractivity contribution is 8.01. The van der Waals surface area contributed by atoms with Crippen LogP contribution in [0.15, 0.2) is 45.9 Å². The van der Waals surface area contributed by atoms with Gasteiger partial charge in [-0.25, -0.2) is 9.59 Å². The van der Waals surface area contributed by atoms with Crippen LogP contribution in [0.4, 0.5) is 4.79 Å². The molecular formula is C17H18N4O3S2. The van der Waals surface area contributed by atoms with Crippen molar-refractivity contribution >= 4 is 35.1 Å². The predicted octanol–water partition coefficient (Wildman–Crippen LogP) is 2.81. The normalized spacial score (nSPS) is 16.8. The van der Waals surface area contributed by atoms with Crippen molar-refractivity contribution in [3.63, 3.8) is 0 Å². The van der Waals surface area contributed by atoms with Crippen molar-refractivity contribution in [1.82, 2.24) is 20.8 Å². The highest BCUT2D eigenvalue weighted by Crippen LogP contribution is 2.31. The molecule has 7 nitrogen and oxygen atoms in total. The Morgan fingerprint density at radius 2 is 2.08 bits per heavy atom. The monoisotopic (exact) mass is 390 g/mol. The molecule has 0 unspecified atom stereocenters. The topological polar surface area (TPSA) is 93.2 Å². The third-order valence-electron chi connectivity index (χ3n) is 3.63. The first-order valence-electron chi connectivity index (χ1n) is 8.04. The minimum atomic E-state index is -0.559. The van der Waals surface area contributed by atoms with Crippen molar-refractivity contribution in [2.24, 2.45) is 0 Å². The van der Waals surface area contributed by atoms with E-state index in [-0.39, 0.29) is 12.6 Å². The van der Waals surface area contributed by atoms with Gasteiger partial charge in [0.25, 0.3) is 0 Å². The average molecular weight is 390 g/mol.